The number of ether oxygens (including phenoxy) is 1. The van der Waals surface area contributed by atoms with Crippen molar-refractivity contribution in [3.05, 3.63) is 82.7 Å². The van der Waals surface area contributed by atoms with Gasteiger partial charge in [-0.05, 0) is 43.5 Å². The largest absolute Gasteiger partial charge is 0.494 e. The first-order valence-corrected chi connectivity index (χ1v) is 12.9. The van der Waals surface area contributed by atoms with Crippen molar-refractivity contribution in [1.29, 1.82) is 0 Å². The summed E-state index contributed by atoms with van der Waals surface area (Å²) in [4.78, 5) is 40.6. The molecule has 1 aliphatic heterocycles. The minimum atomic E-state index is -1.16. The molecule has 3 aromatic rings. The van der Waals surface area contributed by atoms with Crippen molar-refractivity contribution >= 4 is 17.7 Å². The number of benzene rings is 2. The summed E-state index contributed by atoms with van der Waals surface area (Å²) in [6.07, 6.45) is 2.08. The Labute approximate surface area is 223 Å². The summed E-state index contributed by atoms with van der Waals surface area (Å²) in [6.45, 7) is 7.30. The van der Waals surface area contributed by atoms with Crippen molar-refractivity contribution in [3.63, 3.8) is 0 Å². The summed E-state index contributed by atoms with van der Waals surface area (Å²) in [5, 5.41) is 10.1. The Balaban J connectivity index is 1.38. The van der Waals surface area contributed by atoms with Crippen LogP contribution < -0.4 is 15.4 Å². The summed E-state index contributed by atoms with van der Waals surface area (Å²) in [5.74, 6) is -0.252. The second-order valence-corrected chi connectivity index (χ2v) is 9.91. The zero-order valence-electron chi connectivity index (χ0n) is 22.4. The van der Waals surface area contributed by atoms with Gasteiger partial charge < -0.3 is 20.3 Å². The molecular formula is C29H35N5O4. The highest BCUT2D eigenvalue weighted by Crippen LogP contribution is 2.26. The SMILES string of the molecule is CCCCOc1ccc(CNC(=O)c2cc3n(n2)CC(C)(C(=O)NCc2ccc(C)cc2)N(C)C3=O)cc1. The number of carbonyl (C=O) groups excluding carboxylic acids is 3. The van der Waals surface area contributed by atoms with Crippen LogP contribution in [-0.4, -0.2) is 51.6 Å². The Morgan fingerprint density at radius 2 is 1.66 bits per heavy atom. The first-order chi connectivity index (χ1) is 18.2. The molecule has 0 spiro atoms. The number of amides is 3. The van der Waals surface area contributed by atoms with E-state index in [-0.39, 0.29) is 29.7 Å². The van der Waals surface area contributed by atoms with Crippen molar-refractivity contribution in [2.24, 2.45) is 0 Å². The summed E-state index contributed by atoms with van der Waals surface area (Å²) in [7, 11) is 1.60. The molecule has 4 rings (SSSR count). The molecule has 0 aliphatic carbocycles. The van der Waals surface area contributed by atoms with Gasteiger partial charge in [0, 0.05) is 26.2 Å². The molecule has 3 amide bonds. The number of hydrogen-bond acceptors (Lipinski definition) is 5. The van der Waals surface area contributed by atoms with Crippen LogP contribution in [0.4, 0.5) is 0 Å². The summed E-state index contributed by atoms with van der Waals surface area (Å²) in [5.41, 5.74) is 2.27. The van der Waals surface area contributed by atoms with Gasteiger partial charge in [-0.2, -0.15) is 5.10 Å². The maximum atomic E-state index is 13.2. The normalized spacial score (nSPS) is 16.6. The van der Waals surface area contributed by atoms with Crippen molar-refractivity contribution in [2.45, 2.75) is 58.8 Å². The van der Waals surface area contributed by atoms with Crippen LogP contribution in [0, 0.1) is 6.92 Å². The number of aryl methyl sites for hydroxylation is 1. The number of carbonyl (C=O) groups is 3. The second-order valence-electron chi connectivity index (χ2n) is 9.91. The first-order valence-electron chi connectivity index (χ1n) is 12.9. The van der Waals surface area contributed by atoms with E-state index in [0.29, 0.717) is 19.7 Å². The lowest BCUT2D eigenvalue weighted by molar-refractivity contribution is -0.132. The summed E-state index contributed by atoms with van der Waals surface area (Å²) < 4.78 is 7.12. The molecule has 2 aromatic carbocycles. The minimum absolute atomic E-state index is 0.130. The van der Waals surface area contributed by atoms with Crippen LogP contribution in [0.15, 0.2) is 54.6 Å². The van der Waals surface area contributed by atoms with Gasteiger partial charge in [0.1, 0.15) is 17.0 Å². The predicted molar refractivity (Wildman–Crippen MR) is 144 cm³/mol. The smallest absolute Gasteiger partial charge is 0.272 e. The number of nitrogens with zero attached hydrogens (tertiary/aromatic N) is 3. The number of fused-ring (bicyclic) bond motifs is 1. The van der Waals surface area contributed by atoms with Gasteiger partial charge in [0.2, 0.25) is 5.91 Å². The molecule has 1 aliphatic rings. The molecule has 2 N–H and O–H groups in total. The summed E-state index contributed by atoms with van der Waals surface area (Å²) >= 11 is 0. The maximum Gasteiger partial charge on any atom is 0.272 e. The third kappa shape index (κ3) is 5.88. The van der Waals surface area contributed by atoms with E-state index in [1.54, 1.807) is 14.0 Å². The highest BCUT2D eigenvalue weighted by molar-refractivity contribution is 6.01. The molecule has 38 heavy (non-hydrogen) atoms. The molecule has 1 atom stereocenters. The zero-order valence-corrected chi connectivity index (χ0v) is 22.4. The van der Waals surface area contributed by atoms with E-state index in [9.17, 15) is 14.4 Å². The molecule has 1 aromatic heterocycles. The number of hydrogen-bond donors (Lipinski definition) is 2. The Hall–Kier alpha value is -4.14. The zero-order chi connectivity index (χ0) is 27.3. The van der Waals surface area contributed by atoms with Gasteiger partial charge in [-0.1, -0.05) is 55.3 Å². The Kier molecular flexibility index (Phi) is 8.14. The summed E-state index contributed by atoms with van der Waals surface area (Å²) in [6, 6.07) is 16.9. The second kappa shape index (κ2) is 11.5. The highest BCUT2D eigenvalue weighted by Gasteiger charge is 2.46. The molecule has 0 bridgehead atoms. The van der Waals surface area contributed by atoms with Crippen LogP contribution in [0.1, 0.15) is 64.4 Å². The Morgan fingerprint density at radius 3 is 2.32 bits per heavy atom. The van der Waals surface area contributed by atoms with Crippen molar-refractivity contribution in [2.75, 3.05) is 13.7 Å². The monoisotopic (exact) mass is 517 g/mol. The Morgan fingerprint density at radius 1 is 1.03 bits per heavy atom. The van der Waals surface area contributed by atoms with Crippen molar-refractivity contribution in [3.8, 4) is 5.75 Å². The molecule has 1 unspecified atom stereocenters. The number of aromatic nitrogens is 2. The standard InChI is InChI=1S/C29H35N5O4/c1-5-6-15-38-23-13-11-22(12-14-23)17-30-26(35)24-16-25-27(36)33(4)29(3,19-34(25)32-24)28(37)31-18-21-9-7-20(2)8-10-21/h7-14,16H,5-6,15,17-19H2,1-4H3,(H,30,35)(H,31,37). The van der Waals surface area contributed by atoms with Gasteiger partial charge in [0.05, 0.1) is 13.2 Å². The molecule has 9 nitrogen and oxygen atoms in total. The van der Waals surface area contributed by atoms with Crippen LogP contribution in [0.5, 0.6) is 5.75 Å². The van der Waals surface area contributed by atoms with E-state index in [0.717, 1.165) is 35.3 Å². The van der Waals surface area contributed by atoms with Crippen LogP contribution in [-0.2, 0) is 24.4 Å². The van der Waals surface area contributed by atoms with Crippen molar-refractivity contribution < 1.29 is 19.1 Å². The van der Waals surface area contributed by atoms with Gasteiger partial charge in [-0.25, -0.2) is 0 Å². The minimum Gasteiger partial charge on any atom is -0.494 e. The first kappa shape index (κ1) is 26.9. The fourth-order valence-electron chi connectivity index (χ4n) is 4.23. The number of nitrogens with one attached hydrogen (secondary N) is 2. The van der Waals surface area contributed by atoms with Gasteiger partial charge >= 0.3 is 0 Å². The van der Waals surface area contributed by atoms with Gasteiger partial charge in [0.15, 0.2) is 5.69 Å². The molecule has 0 saturated carbocycles. The Bertz CT molecular complexity index is 1300. The number of likely N-dealkylation sites (N-methyl/N-ethyl adjacent to an activating group) is 1. The van der Waals surface area contributed by atoms with Gasteiger partial charge in [-0.3, -0.25) is 19.1 Å². The van der Waals surface area contributed by atoms with E-state index in [1.165, 1.54) is 15.6 Å². The van der Waals surface area contributed by atoms with Crippen LogP contribution in [0.25, 0.3) is 0 Å². The lowest BCUT2D eigenvalue weighted by Gasteiger charge is -2.40. The number of unbranched alkanes of at least 4 members (excludes halogenated alkanes) is 1. The molecular weight excluding hydrogens is 482 g/mol. The number of rotatable bonds is 10. The molecule has 9 heteroatoms. The van der Waals surface area contributed by atoms with E-state index < -0.39 is 11.4 Å². The van der Waals surface area contributed by atoms with Crippen LogP contribution in [0.2, 0.25) is 0 Å². The molecule has 0 radical (unpaired) electrons. The van der Waals surface area contributed by atoms with E-state index in [1.807, 2.05) is 55.5 Å². The third-order valence-electron chi connectivity index (χ3n) is 6.94. The quantitative estimate of drug-likeness (QED) is 0.401. The molecule has 0 saturated heterocycles. The van der Waals surface area contributed by atoms with Crippen molar-refractivity contribution in [1.82, 2.24) is 25.3 Å². The average Bonchev–Trinajstić information content (AvgIpc) is 3.34. The van der Waals surface area contributed by atoms with E-state index in [4.69, 9.17) is 4.74 Å². The highest BCUT2D eigenvalue weighted by atomic mass is 16.5. The fourth-order valence-corrected chi connectivity index (χ4v) is 4.23. The molecule has 200 valence electrons. The topological polar surface area (TPSA) is 106 Å². The van der Waals surface area contributed by atoms with E-state index >= 15 is 0 Å². The average molecular weight is 518 g/mol. The lowest BCUT2D eigenvalue weighted by Crippen LogP contribution is -2.62. The molecule has 0 fully saturated rings. The van der Waals surface area contributed by atoms with Gasteiger partial charge in [-0.15, -0.1) is 0 Å². The fraction of sp³-hybridized carbons (Fsp3) is 0.379. The lowest BCUT2D eigenvalue weighted by atomic mass is 9.95. The molecule has 2 heterocycles. The third-order valence-corrected chi connectivity index (χ3v) is 6.94. The predicted octanol–water partition coefficient (Wildman–Crippen LogP) is 3.46. The maximum absolute atomic E-state index is 13.2. The van der Waals surface area contributed by atoms with E-state index in [2.05, 4.69) is 22.7 Å². The van der Waals surface area contributed by atoms with Gasteiger partial charge in [0.25, 0.3) is 11.8 Å². The van der Waals surface area contributed by atoms with Crippen LogP contribution >= 0.6 is 0 Å². The van der Waals surface area contributed by atoms with Crippen LogP contribution in [0.3, 0.4) is 0 Å².